The first-order chi connectivity index (χ1) is 15.4. The highest BCUT2D eigenvalue weighted by molar-refractivity contribution is 7.89. The summed E-state index contributed by atoms with van der Waals surface area (Å²) in [5, 5.41) is 2.84. The van der Waals surface area contributed by atoms with E-state index in [-0.39, 0.29) is 23.4 Å². The van der Waals surface area contributed by atoms with E-state index in [1.54, 1.807) is 19.2 Å². The number of carbonyl (C=O) groups excluding carboxylic acids is 1. The van der Waals surface area contributed by atoms with E-state index in [2.05, 4.69) is 17.0 Å². The smallest absolute Gasteiger partial charge is 0.251 e. The maximum absolute atomic E-state index is 12.7. The number of unbranched alkanes of at least 4 members (excludes halogenated alkanes) is 1. The minimum atomic E-state index is -3.65. The fourth-order valence-corrected chi connectivity index (χ4v) is 5.04. The molecule has 7 nitrogen and oxygen atoms in total. The van der Waals surface area contributed by atoms with Gasteiger partial charge in [0.2, 0.25) is 10.0 Å². The average molecular weight is 461 g/mol. The van der Waals surface area contributed by atoms with Crippen LogP contribution in [-0.4, -0.2) is 34.1 Å². The largest absolute Gasteiger partial charge is 0.493 e. The number of amides is 1. The van der Waals surface area contributed by atoms with Crippen LogP contribution in [-0.2, 0) is 16.6 Å². The molecule has 0 unspecified atom stereocenters. The lowest BCUT2D eigenvalue weighted by Gasteiger charge is -2.14. The van der Waals surface area contributed by atoms with E-state index >= 15 is 0 Å². The number of rotatable bonds is 11. The van der Waals surface area contributed by atoms with E-state index in [0.717, 1.165) is 44.1 Å². The zero-order valence-corrected chi connectivity index (χ0v) is 19.5. The molecule has 0 heterocycles. The van der Waals surface area contributed by atoms with Gasteiger partial charge in [-0.2, -0.15) is 0 Å². The van der Waals surface area contributed by atoms with E-state index < -0.39 is 10.0 Å². The monoisotopic (exact) mass is 460 g/mol. The quantitative estimate of drug-likeness (QED) is 0.494. The number of methoxy groups -OCH3 is 1. The zero-order valence-electron chi connectivity index (χ0n) is 18.7. The average Bonchev–Trinajstić information content (AvgIpc) is 3.30. The van der Waals surface area contributed by atoms with Crippen LogP contribution < -0.4 is 19.5 Å². The van der Waals surface area contributed by atoms with Crippen LogP contribution in [0.4, 0.5) is 0 Å². The molecule has 0 spiro atoms. The van der Waals surface area contributed by atoms with Crippen LogP contribution in [0.2, 0.25) is 0 Å². The lowest BCUT2D eigenvalue weighted by atomic mass is 10.1. The lowest BCUT2D eigenvalue weighted by molar-refractivity contribution is 0.0950. The number of hydrogen-bond donors (Lipinski definition) is 2. The second kappa shape index (κ2) is 11.3. The molecule has 0 saturated heterocycles. The molecule has 0 bridgehead atoms. The van der Waals surface area contributed by atoms with Crippen molar-refractivity contribution < 1.29 is 22.7 Å². The van der Waals surface area contributed by atoms with Crippen molar-refractivity contribution in [1.82, 2.24) is 10.0 Å². The van der Waals surface area contributed by atoms with Crippen LogP contribution >= 0.6 is 0 Å². The molecule has 2 aromatic rings. The molecule has 174 valence electrons. The second-order valence-corrected chi connectivity index (χ2v) is 9.71. The summed E-state index contributed by atoms with van der Waals surface area (Å²) in [4.78, 5) is 12.8. The number of ether oxygens (including phenoxy) is 2. The molecule has 1 amide bonds. The van der Waals surface area contributed by atoms with Gasteiger partial charge in [0, 0.05) is 18.2 Å². The third-order valence-corrected chi connectivity index (χ3v) is 7.04. The Morgan fingerprint density at radius 2 is 1.88 bits per heavy atom. The highest BCUT2D eigenvalue weighted by Gasteiger charge is 2.23. The number of nitrogens with one attached hydrogen (secondary N) is 2. The summed E-state index contributed by atoms with van der Waals surface area (Å²) < 4.78 is 39.2. The van der Waals surface area contributed by atoms with Gasteiger partial charge < -0.3 is 14.8 Å². The van der Waals surface area contributed by atoms with E-state index in [1.165, 1.54) is 12.1 Å². The van der Waals surface area contributed by atoms with Crippen molar-refractivity contribution >= 4 is 15.9 Å². The molecule has 1 fully saturated rings. The summed E-state index contributed by atoms with van der Waals surface area (Å²) >= 11 is 0. The first-order valence-corrected chi connectivity index (χ1v) is 12.6. The lowest BCUT2D eigenvalue weighted by Crippen LogP contribution is -2.32. The molecule has 3 rings (SSSR count). The van der Waals surface area contributed by atoms with E-state index in [4.69, 9.17) is 9.47 Å². The molecule has 0 aliphatic heterocycles. The Hall–Kier alpha value is -2.58. The molecule has 1 aliphatic rings. The maximum atomic E-state index is 12.7. The fraction of sp³-hybridized carbons (Fsp3) is 0.458. The van der Waals surface area contributed by atoms with Crippen LogP contribution in [0.5, 0.6) is 11.5 Å². The normalized spacial score (nSPS) is 14.3. The van der Waals surface area contributed by atoms with Gasteiger partial charge in [-0.05, 0) is 55.2 Å². The summed E-state index contributed by atoms with van der Waals surface area (Å²) in [6.45, 7) is 3.00. The maximum Gasteiger partial charge on any atom is 0.251 e. The van der Waals surface area contributed by atoms with Crippen LogP contribution in [0.3, 0.4) is 0 Å². The van der Waals surface area contributed by atoms with E-state index in [9.17, 15) is 13.2 Å². The van der Waals surface area contributed by atoms with Gasteiger partial charge in [0.15, 0.2) is 11.5 Å². The predicted octanol–water partition coefficient (Wildman–Crippen LogP) is 4.03. The van der Waals surface area contributed by atoms with Crippen molar-refractivity contribution in [3.63, 3.8) is 0 Å². The van der Waals surface area contributed by atoms with E-state index in [1.807, 2.05) is 18.2 Å². The first-order valence-electron chi connectivity index (χ1n) is 11.1. The highest BCUT2D eigenvalue weighted by Crippen LogP contribution is 2.28. The molecule has 2 N–H and O–H groups in total. The summed E-state index contributed by atoms with van der Waals surface area (Å²) in [6, 6.07) is 11.6. The van der Waals surface area contributed by atoms with Gasteiger partial charge in [0.1, 0.15) is 0 Å². The topological polar surface area (TPSA) is 93.7 Å². The van der Waals surface area contributed by atoms with Gasteiger partial charge in [0.25, 0.3) is 5.91 Å². The Kier molecular flexibility index (Phi) is 8.53. The zero-order chi connectivity index (χ0) is 23.0. The van der Waals surface area contributed by atoms with Crippen LogP contribution in [0.15, 0.2) is 47.4 Å². The third-order valence-electron chi connectivity index (χ3n) is 5.52. The van der Waals surface area contributed by atoms with Crippen LogP contribution in [0, 0.1) is 0 Å². The van der Waals surface area contributed by atoms with Gasteiger partial charge in [-0.15, -0.1) is 0 Å². The molecule has 1 aliphatic carbocycles. The van der Waals surface area contributed by atoms with Gasteiger partial charge in [0.05, 0.1) is 18.6 Å². The molecule has 2 aromatic carbocycles. The minimum absolute atomic E-state index is 0.0265. The van der Waals surface area contributed by atoms with Gasteiger partial charge in [-0.25, -0.2) is 13.1 Å². The van der Waals surface area contributed by atoms with Crippen molar-refractivity contribution in [1.29, 1.82) is 0 Å². The predicted molar refractivity (Wildman–Crippen MR) is 124 cm³/mol. The molecular formula is C24H32N2O5S. The molecule has 0 aromatic heterocycles. The third kappa shape index (κ3) is 6.46. The molecule has 0 atom stereocenters. The Morgan fingerprint density at radius 1 is 1.09 bits per heavy atom. The Balaban J connectivity index is 1.63. The summed E-state index contributed by atoms with van der Waals surface area (Å²) in [7, 11) is -2.07. The molecule has 32 heavy (non-hydrogen) atoms. The molecule has 8 heteroatoms. The van der Waals surface area contributed by atoms with Crippen molar-refractivity contribution in [2.75, 3.05) is 13.7 Å². The summed E-state index contributed by atoms with van der Waals surface area (Å²) in [6.07, 6.45) is 5.78. The Labute approximate surface area is 190 Å². The highest BCUT2D eigenvalue weighted by atomic mass is 32.2. The van der Waals surface area contributed by atoms with Crippen molar-refractivity contribution in [3.8, 4) is 11.5 Å². The number of benzene rings is 2. The van der Waals surface area contributed by atoms with Crippen LogP contribution in [0.25, 0.3) is 0 Å². The van der Waals surface area contributed by atoms with Gasteiger partial charge in [-0.1, -0.05) is 38.3 Å². The van der Waals surface area contributed by atoms with Gasteiger partial charge >= 0.3 is 0 Å². The standard InChI is InChI=1S/C24H32N2O5S/c1-3-4-14-31-22-13-12-18(15-23(22)30-2)17-25-24(27)19-8-7-11-21(16-19)32(28,29)26-20-9-5-6-10-20/h7-8,11-13,15-16,20,26H,3-6,9-10,14,17H2,1-2H3,(H,25,27). The van der Waals surface area contributed by atoms with E-state index in [0.29, 0.717) is 23.7 Å². The summed E-state index contributed by atoms with van der Waals surface area (Å²) in [5.74, 6) is 0.938. The Bertz CT molecular complexity index is 1020. The SMILES string of the molecule is CCCCOc1ccc(CNC(=O)c2cccc(S(=O)(=O)NC3CCCC3)c2)cc1OC. The number of hydrogen-bond acceptors (Lipinski definition) is 5. The minimum Gasteiger partial charge on any atom is -0.493 e. The fourth-order valence-electron chi connectivity index (χ4n) is 3.69. The molecule has 1 saturated carbocycles. The van der Waals surface area contributed by atoms with Gasteiger partial charge in [-0.3, -0.25) is 4.79 Å². The first kappa shape index (κ1) is 24.1. The Morgan fingerprint density at radius 3 is 2.59 bits per heavy atom. The number of sulfonamides is 1. The summed E-state index contributed by atoms with van der Waals surface area (Å²) in [5.41, 5.74) is 1.15. The number of carbonyl (C=O) groups is 1. The van der Waals surface area contributed by atoms with Crippen LogP contribution in [0.1, 0.15) is 61.4 Å². The molecular weight excluding hydrogens is 428 g/mol. The van der Waals surface area contributed by atoms with Crippen molar-refractivity contribution in [3.05, 3.63) is 53.6 Å². The molecule has 0 radical (unpaired) electrons. The second-order valence-electron chi connectivity index (χ2n) is 8.00. The van der Waals surface area contributed by atoms with Crippen molar-refractivity contribution in [2.45, 2.75) is 62.9 Å². The van der Waals surface area contributed by atoms with Crippen molar-refractivity contribution in [2.24, 2.45) is 0 Å².